The van der Waals surface area contributed by atoms with E-state index in [2.05, 4.69) is 11.2 Å². The summed E-state index contributed by atoms with van der Waals surface area (Å²) in [7, 11) is 0. The molecule has 1 aromatic heterocycles. The van der Waals surface area contributed by atoms with E-state index in [1.165, 1.54) is 23.5 Å². The van der Waals surface area contributed by atoms with E-state index in [4.69, 9.17) is 21.7 Å². The fourth-order valence-corrected chi connectivity index (χ4v) is 2.73. The highest BCUT2D eigenvalue weighted by molar-refractivity contribution is 7.14. The fourth-order valence-electron chi connectivity index (χ4n) is 1.63. The molecule has 0 fully saturated rings. The quantitative estimate of drug-likeness (QED) is 0.599. The minimum absolute atomic E-state index is 0.173. The highest BCUT2D eigenvalue weighted by Crippen LogP contribution is 2.20. The molecule has 108 valence electrons. The zero-order chi connectivity index (χ0) is 15.2. The monoisotopic (exact) mass is 322 g/mol. The summed E-state index contributed by atoms with van der Waals surface area (Å²) in [4.78, 5) is 7.19. The molecule has 3 nitrogen and oxygen atoms in total. The first-order chi connectivity index (χ1) is 10.1. The van der Waals surface area contributed by atoms with Gasteiger partial charge in [-0.1, -0.05) is 22.8 Å². The van der Waals surface area contributed by atoms with Crippen LogP contribution in [0.3, 0.4) is 0 Å². The lowest BCUT2D eigenvalue weighted by atomic mass is 10.2. The molecule has 2 aromatic rings. The van der Waals surface area contributed by atoms with Gasteiger partial charge in [-0.05, 0) is 31.2 Å². The summed E-state index contributed by atoms with van der Waals surface area (Å²) >= 11 is 7.41. The fraction of sp³-hybridized carbons (Fsp3) is 0.200. The SMILES string of the molecule is C/C(=N/OCc1ccc(F)cc1Cl)c1ccc(CC#N)s1. The second-order valence-corrected chi connectivity index (χ2v) is 5.86. The number of oxime groups is 1. The number of hydrogen-bond donors (Lipinski definition) is 0. The van der Waals surface area contributed by atoms with Crippen LogP contribution >= 0.6 is 22.9 Å². The molecule has 21 heavy (non-hydrogen) atoms. The van der Waals surface area contributed by atoms with Crippen LogP contribution < -0.4 is 0 Å². The number of benzene rings is 1. The summed E-state index contributed by atoms with van der Waals surface area (Å²) in [5, 5.41) is 13.0. The van der Waals surface area contributed by atoms with Crippen LogP contribution in [0.25, 0.3) is 0 Å². The van der Waals surface area contributed by atoms with Crippen LogP contribution in [-0.2, 0) is 17.9 Å². The van der Waals surface area contributed by atoms with Crippen molar-refractivity contribution in [1.82, 2.24) is 0 Å². The first kappa shape index (κ1) is 15.5. The van der Waals surface area contributed by atoms with Crippen molar-refractivity contribution in [3.8, 4) is 6.07 Å². The number of halogens is 2. The van der Waals surface area contributed by atoms with Gasteiger partial charge in [0.2, 0.25) is 0 Å². The highest BCUT2D eigenvalue weighted by atomic mass is 35.5. The van der Waals surface area contributed by atoms with Crippen LogP contribution in [0.1, 0.15) is 22.2 Å². The molecule has 0 unspecified atom stereocenters. The molecule has 0 aliphatic heterocycles. The van der Waals surface area contributed by atoms with Gasteiger partial charge >= 0.3 is 0 Å². The maximum Gasteiger partial charge on any atom is 0.143 e. The molecule has 0 saturated carbocycles. The van der Waals surface area contributed by atoms with E-state index in [9.17, 15) is 4.39 Å². The highest BCUT2D eigenvalue weighted by Gasteiger charge is 2.05. The van der Waals surface area contributed by atoms with Gasteiger partial charge in [0.25, 0.3) is 0 Å². The van der Waals surface area contributed by atoms with Crippen molar-refractivity contribution in [3.63, 3.8) is 0 Å². The Balaban J connectivity index is 1.98. The van der Waals surface area contributed by atoms with E-state index in [0.29, 0.717) is 17.0 Å². The molecule has 0 spiro atoms. The van der Waals surface area contributed by atoms with Crippen molar-refractivity contribution in [2.45, 2.75) is 20.0 Å². The molecule has 0 atom stereocenters. The number of thiophene rings is 1. The van der Waals surface area contributed by atoms with Crippen molar-refractivity contribution in [3.05, 3.63) is 56.5 Å². The van der Waals surface area contributed by atoms with Crippen molar-refractivity contribution >= 4 is 28.6 Å². The Morgan fingerprint density at radius 3 is 2.95 bits per heavy atom. The summed E-state index contributed by atoms with van der Waals surface area (Å²) in [6, 6.07) is 10.1. The van der Waals surface area contributed by atoms with Gasteiger partial charge in [0.15, 0.2) is 0 Å². The van der Waals surface area contributed by atoms with Crippen molar-refractivity contribution < 1.29 is 9.23 Å². The molecule has 0 aliphatic carbocycles. The number of nitrogens with zero attached hydrogens (tertiary/aromatic N) is 2. The first-order valence-corrected chi connectivity index (χ1v) is 7.36. The molecule has 6 heteroatoms. The van der Waals surface area contributed by atoms with Crippen LogP contribution in [0.2, 0.25) is 5.02 Å². The Kier molecular flexibility index (Phi) is 5.32. The van der Waals surface area contributed by atoms with Gasteiger partial charge in [0.1, 0.15) is 12.4 Å². The third-order valence-electron chi connectivity index (χ3n) is 2.71. The van der Waals surface area contributed by atoms with Crippen LogP contribution in [0.5, 0.6) is 0 Å². The lowest BCUT2D eigenvalue weighted by molar-refractivity contribution is 0.130. The summed E-state index contributed by atoms with van der Waals surface area (Å²) in [5.41, 5.74) is 1.40. The molecule has 1 heterocycles. The number of nitriles is 1. The average Bonchev–Trinajstić information content (AvgIpc) is 2.90. The van der Waals surface area contributed by atoms with Crippen molar-refractivity contribution in [2.75, 3.05) is 0 Å². The Bertz CT molecular complexity index is 706. The van der Waals surface area contributed by atoms with Gasteiger partial charge in [0.05, 0.1) is 28.1 Å². The Hall–Kier alpha value is -1.90. The zero-order valence-corrected chi connectivity index (χ0v) is 12.8. The molecule has 0 N–H and O–H groups in total. The lowest BCUT2D eigenvalue weighted by Gasteiger charge is -2.03. The van der Waals surface area contributed by atoms with Gasteiger partial charge in [-0.2, -0.15) is 5.26 Å². The van der Waals surface area contributed by atoms with Gasteiger partial charge in [-0.25, -0.2) is 4.39 Å². The zero-order valence-electron chi connectivity index (χ0n) is 11.3. The Morgan fingerprint density at radius 1 is 1.43 bits per heavy atom. The summed E-state index contributed by atoms with van der Waals surface area (Å²) in [6.45, 7) is 2.00. The van der Waals surface area contributed by atoms with E-state index in [-0.39, 0.29) is 12.4 Å². The maximum atomic E-state index is 12.9. The van der Waals surface area contributed by atoms with Gasteiger partial charge in [-0.3, -0.25) is 0 Å². The molecule has 0 bridgehead atoms. The van der Waals surface area contributed by atoms with Crippen molar-refractivity contribution in [1.29, 1.82) is 5.26 Å². The van der Waals surface area contributed by atoms with Crippen LogP contribution in [0, 0.1) is 17.1 Å². The molecule has 0 saturated heterocycles. The second kappa shape index (κ2) is 7.21. The van der Waals surface area contributed by atoms with Gasteiger partial charge < -0.3 is 4.84 Å². The maximum absolute atomic E-state index is 12.9. The predicted molar refractivity (Wildman–Crippen MR) is 82.0 cm³/mol. The lowest BCUT2D eigenvalue weighted by Crippen LogP contribution is -1.95. The molecule has 0 aliphatic rings. The molecule has 2 rings (SSSR count). The van der Waals surface area contributed by atoms with Crippen LogP contribution in [0.15, 0.2) is 35.5 Å². The van der Waals surface area contributed by atoms with Gasteiger partial charge in [-0.15, -0.1) is 11.3 Å². The van der Waals surface area contributed by atoms with Crippen LogP contribution in [0.4, 0.5) is 4.39 Å². The third kappa shape index (κ3) is 4.28. The third-order valence-corrected chi connectivity index (χ3v) is 4.25. The minimum atomic E-state index is -0.382. The van der Waals surface area contributed by atoms with E-state index in [0.717, 1.165) is 15.5 Å². The first-order valence-electron chi connectivity index (χ1n) is 6.16. The Morgan fingerprint density at radius 2 is 2.24 bits per heavy atom. The van der Waals surface area contributed by atoms with Crippen molar-refractivity contribution in [2.24, 2.45) is 5.16 Å². The summed E-state index contributed by atoms with van der Waals surface area (Å²) in [5.74, 6) is -0.382. The summed E-state index contributed by atoms with van der Waals surface area (Å²) in [6.07, 6.45) is 0.393. The normalized spacial score (nSPS) is 11.2. The van der Waals surface area contributed by atoms with Crippen LogP contribution in [-0.4, -0.2) is 5.71 Å². The largest absolute Gasteiger partial charge is 0.391 e. The Labute approximate surface area is 131 Å². The molecule has 1 aromatic carbocycles. The van der Waals surface area contributed by atoms with E-state index in [1.54, 1.807) is 6.07 Å². The van der Waals surface area contributed by atoms with E-state index >= 15 is 0 Å². The summed E-state index contributed by atoms with van der Waals surface area (Å²) < 4.78 is 12.9. The number of rotatable bonds is 5. The molecule has 0 amide bonds. The average molecular weight is 323 g/mol. The molecule has 0 radical (unpaired) electrons. The standard InChI is InChI=1S/C15H12ClFN2OS/c1-10(15-5-4-13(21-15)6-7-18)19-20-9-11-2-3-12(17)8-14(11)16/h2-5,8H,6,9H2,1H3/b19-10-. The van der Waals surface area contributed by atoms with E-state index < -0.39 is 0 Å². The van der Waals surface area contributed by atoms with E-state index in [1.807, 2.05) is 19.1 Å². The predicted octanol–water partition coefficient (Wildman–Crippen LogP) is 4.55. The van der Waals surface area contributed by atoms with Gasteiger partial charge in [0, 0.05) is 10.4 Å². The minimum Gasteiger partial charge on any atom is -0.391 e. The number of hydrogen-bond acceptors (Lipinski definition) is 4. The topological polar surface area (TPSA) is 45.4 Å². The molecular formula is C15H12ClFN2OS. The second-order valence-electron chi connectivity index (χ2n) is 4.29. The smallest absolute Gasteiger partial charge is 0.143 e. The molecular weight excluding hydrogens is 311 g/mol.